The Kier molecular flexibility index (Phi) is 7.14. The quantitative estimate of drug-likeness (QED) is 0.563. The predicted molar refractivity (Wildman–Crippen MR) is 108 cm³/mol. The van der Waals surface area contributed by atoms with E-state index in [2.05, 4.69) is 20.2 Å². The third-order valence-corrected chi connectivity index (χ3v) is 6.47. The first-order valence-electron chi connectivity index (χ1n) is 10.0. The van der Waals surface area contributed by atoms with E-state index in [1.807, 2.05) is 0 Å². The van der Waals surface area contributed by atoms with Gasteiger partial charge in [0.1, 0.15) is 5.82 Å². The Labute approximate surface area is 184 Å². The lowest BCUT2D eigenvalue weighted by Gasteiger charge is -2.23. The van der Waals surface area contributed by atoms with Crippen LogP contribution < -0.4 is 10.0 Å². The van der Waals surface area contributed by atoms with Gasteiger partial charge in [0.2, 0.25) is 27.6 Å². The molecule has 0 saturated carbocycles. The summed E-state index contributed by atoms with van der Waals surface area (Å²) < 4.78 is 46.3. The van der Waals surface area contributed by atoms with Crippen molar-refractivity contribution in [1.29, 1.82) is 0 Å². The minimum absolute atomic E-state index is 0.119. The summed E-state index contributed by atoms with van der Waals surface area (Å²) in [5.41, 5.74) is 0. The molecule has 1 aromatic carbocycles. The molecule has 0 fully saturated rings. The van der Waals surface area contributed by atoms with Crippen LogP contribution in [0.3, 0.4) is 0 Å². The maximum absolute atomic E-state index is 13.1. The summed E-state index contributed by atoms with van der Waals surface area (Å²) in [6, 6.07) is 2.99. The van der Waals surface area contributed by atoms with E-state index in [-0.39, 0.29) is 30.2 Å². The molecule has 0 radical (unpaired) electrons. The summed E-state index contributed by atoms with van der Waals surface area (Å²) in [4.78, 5) is 37.6. The van der Waals surface area contributed by atoms with Crippen molar-refractivity contribution in [3.05, 3.63) is 41.9 Å². The van der Waals surface area contributed by atoms with Gasteiger partial charge < -0.3 is 9.73 Å². The molecular weight excluding hydrogens is 443 g/mol. The van der Waals surface area contributed by atoms with Gasteiger partial charge in [0.15, 0.2) is 5.78 Å². The Morgan fingerprint density at radius 1 is 1.22 bits per heavy atom. The van der Waals surface area contributed by atoms with Gasteiger partial charge in [-0.05, 0) is 30.2 Å². The van der Waals surface area contributed by atoms with Crippen LogP contribution in [-0.4, -0.2) is 48.7 Å². The van der Waals surface area contributed by atoms with Crippen LogP contribution >= 0.6 is 0 Å². The number of aromatic nitrogens is 2. The summed E-state index contributed by atoms with van der Waals surface area (Å²) in [7, 11) is -4.13. The Morgan fingerprint density at radius 2 is 1.88 bits per heavy atom. The number of carbonyl (C=O) groups is 3. The Hall–Kier alpha value is -2.99. The second-order valence-electron chi connectivity index (χ2n) is 7.83. The van der Waals surface area contributed by atoms with Crippen LogP contribution in [0.5, 0.6) is 0 Å². The van der Waals surface area contributed by atoms with E-state index in [1.165, 1.54) is 0 Å². The van der Waals surface area contributed by atoms with Gasteiger partial charge in [-0.25, -0.2) is 17.5 Å². The van der Waals surface area contributed by atoms with E-state index in [0.717, 1.165) is 24.3 Å². The summed E-state index contributed by atoms with van der Waals surface area (Å²) in [6.45, 7) is 3.41. The zero-order valence-corrected chi connectivity index (χ0v) is 18.3. The minimum Gasteiger partial charge on any atom is -0.425 e. The number of hydrogen-bond acceptors (Lipinski definition) is 8. The number of hydrogen-bond donors (Lipinski definition) is 2. The lowest BCUT2D eigenvalue weighted by molar-refractivity contribution is -0.141. The van der Waals surface area contributed by atoms with E-state index in [4.69, 9.17) is 4.42 Å². The van der Waals surface area contributed by atoms with Gasteiger partial charge in [0, 0.05) is 31.7 Å². The lowest BCUT2D eigenvalue weighted by Crippen LogP contribution is -2.46. The van der Waals surface area contributed by atoms with Crippen molar-refractivity contribution in [2.24, 2.45) is 11.8 Å². The van der Waals surface area contributed by atoms with Crippen molar-refractivity contribution in [2.75, 3.05) is 6.54 Å². The average molecular weight is 466 g/mol. The van der Waals surface area contributed by atoms with Gasteiger partial charge in [-0.1, -0.05) is 13.8 Å². The summed E-state index contributed by atoms with van der Waals surface area (Å²) >= 11 is 0. The van der Waals surface area contributed by atoms with E-state index < -0.39 is 57.6 Å². The SMILES string of the molecule is CC(C)C(NS(=O)(=O)c1ccc(F)cc1)C(=O)CC1Cc2nnc(o2)CCNC(=O)C1=O. The molecule has 3 rings (SSSR count). The van der Waals surface area contributed by atoms with Crippen molar-refractivity contribution in [2.45, 2.75) is 44.0 Å². The van der Waals surface area contributed by atoms with Crippen LogP contribution in [0.1, 0.15) is 32.0 Å². The molecule has 2 heterocycles. The molecule has 1 aliphatic heterocycles. The van der Waals surface area contributed by atoms with Crippen LogP contribution in [0, 0.1) is 17.7 Å². The number of nitrogens with zero attached hydrogens (tertiary/aromatic N) is 2. The predicted octanol–water partition coefficient (Wildman–Crippen LogP) is 0.571. The number of sulfonamides is 1. The molecule has 2 bridgehead atoms. The van der Waals surface area contributed by atoms with E-state index in [9.17, 15) is 27.2 Å². The highest BCUT2D eigenvalue weighted by Crippen LogP contribution is 2.20. The number of Topliss-reactive ketones (excluding diaryl/α,β-unsaturated/α-hetero) is 2. The maximum Gasteiger partial charge on any atom is 0.287 e. The molecule has 32 heavy (non-hydrogen) atoms. The third-order valence-electron chi connectivity index (χ3n) is 5.02. The molecule has 2 atom stereocenters. The van der Waals surface area contributed by atoms with Gasteiger partial charge in [-0.2, -0.15) is 0 Å². The van der Waals surface area contributed by atoms with Crippen molar-refractivity contribution in [3.8, 4) is 0 Å². The van der Waals surface area contributed by atoms with Gasteiger partial charge in [-0.3, -0.25) is 14.4 Å². The Balaban J connectivity index is 1.81. The van der Waals surface area contributed by atoms with E-state index in [1.54, 1.807) is 13.8 Å². The number of nitrogens with one attached hydrogen (secondary N) is 2. The summed E-state index contributed by atoms with van der Waals surface area (Å²) in [6.07, 6.45) is -0.254. The smallest absolute Gasteiger partial charge is 0.287 e. The maximum atomic E-state index is 13.1. The minimum atomic E-state index is -4.13. The molecule has 10 nitrogen and oxygen atoms in total. The number of amides is 1. The van der Waals surface area contributed by atoms with Crippen LogP contribution in [0.15, 0.2) is 33.6 Å². The molecule has 1 aromatic heterocycles. The second-order valence-corrected chi connectivity index (χ2v) is 9.54. The highest BCUT2D eigenvalue weighted by molar-refractivity contribution is 7.89. The first kappa shape index (κ1) is 23.7. The molecule has 2 unspecified atom stereocenters. The molecule has 1 amide bonds. The summed E-state index contributed by atoms with van der Waals surface area (Å²) in [5.74, 6) is -3.96. The number of halogens is 1. The summed E-state index contributed by atoms with van der Waals surface area (Å²) in [5, 5.41) is 10.1. The number of carbonyl (C=O) groups excluding carboxylic acids is 3. The normalized spacial score (nSPS) is 18.3. The van der Waals surface area contributed by atoms with Crippen LogP contribution in [0.2, 0.25) is 0 Å². The van der Waals surface area contributed by atoms with E-state index in [0.29, 0.717) is 5.89 Å². The van der Waals surface area contributed by atoms with Gasteiger partial charge in [0.25, 0.3) is 5.91 Å². The van der Waals surface area contributed by atoms with Crippen LogP contribution in [-0.2, 0) is 37.2 Å². The molecule has 0 saturated heterocycles. The van der Waals surface area contributed by atoms with Crippen molar-refractivity contribution >= 4 is 27.5 Å². The van der Waals surface area contributed by atoms with Gasteiger partial charge in [-0.15, -0.1) is 10.2 Å². The average Bonchev–Trinajstić information content (AvgIpc) is 3.17. The molecule has 1 aliphatic rings. The van der Waals surface area contributed by atoms with Crippen molar-refractivity contribution in [3.63, 3.8) is 0 Å². The topological polar surface area (TPSA) is 148 Å². The first-order chi connectivity index (χ1) is 15.1. The molecule has 0 spiro atoms. The van der Waals surface area contributed by atoms with E-state index >= 15 is 0 Å². The number of ketones is 2. The third kappa shape index (κ3) is 5.62. The molecular formula is C20H23FN4O6S. The Bertz CT molecular complexity index is 1110. The highest BCUT2D eigenvalue weighted by atomic mass is 32.2. The fourth-order valence-corrected chi connectivity index (χ4v) is 4.66. The Morgan fingerprint density at radius 3 is 2.53 bits per heavy atom. The zero-order chi connectivity index (χ0) is 23.5. The fourth-order valence-electron chi connectivity index (χ4n) is 3.29. The number of benzene rings is 1. The monoisotopic (exact) mass is 466 g/mol. The van der Waals surface area contributed by atoms with Crippen LogP contribution in [0.4, 0.5) is 4.39 Å². The number of fused-ring (bicyclic) bond motifs is 2. The van der Waals surface area contributed by atoms with Crippen LogP contribution in [0.25, 0.3) is 0 Å². The molecule has 2 N–H and O–H groups in total. The van der Waals surface area contributed by atoms with Crippen molar-refractivity contribution < 1.29 is 31.6 Å². The molecule has 12 heteroatoms. The lowest BCUT2D eigenvalue weighted by atomic mass is 9.88. The first-order valence-corrected chi connectivity index (χ1v) is 11.5. The highest BCUT2D eigenvalue weighted by Gasteiger charge is 2.35. The molecule has 0 aliphatic carbocycles. The van der Waals surface area contributed by atoms with Gasteiger partial charge in [0.05, 0.1) is 10.9 Å². The largest absolute Gasteiger partial charge is 0.425 e. The fraction of sp³-hybridized carbons (Fsp3) is 0.450. The number of rotatable bonds is 7. The molecule has 2 aromatic rings. The second kappa shape index (κ2) is 9.65. The molecule has 172 valence electrons. The zero-order valence-electron chi connectivity index (χ0n) is 17.5. The standard InChI is InChI=1S/C20H23FN4O6S/c1-11(2)18(25-32(29,30)14-5-3-13(21)4-6-14)15(26)9-12-10-17-24-23-16(31-17)7-8-22-20(28)19(12)27/h3-6,11-12,18,25H,7-10H2,1-2H3,(H,22,28). The van der Waals surface area contributed by atoms with Crippen molar-refractivity contribution in [1.82, 2.24) is 20.2 Å². The van der Waals surface area contributed by atoms with Gasteiger partial charge >= 0.3 is 0 Å².